The van der Waals surface area contributed by atoms with Crippen molar-refractivity contribution in [3.8, 4) is 28.5 Å². The van der Waals surface area contributed by atoms with Gasteiger partial charge in [0.15, 0.2) is 16.6 Å². The number of benzene rings is 5. The highest BCUT2D eigenvalue weighted by molar-refractivity contribution is 8.00. The van der Waals surface area contributed by atoms with Crippen molar-refractivity contribution in [2.75, 3.05) is 24.9 Å². The third-order valence-corrected chi connectivity index (χ3v) is 10.0. The number of hydrogen-bond acceptors (Lipinski definition) is 9. The van der Waals surface area contributed by atoms with Crippen LogP contribution < -0.4 is 30.2 Å². The first-order valence-electron chi connectivity index (χ1n) is 17.2. The van der Waals surface area contributed by atoms with Crippen LogP contribution in [0.5, 0.6) is 17.2 Å². The molecular formula is C43H38N4O6S2. The molecule has 0 fully saturated rings. The molecule has 55 heavy (non-hydrogen) atoms. The number of methoxy groups -OCH3 is 2. The molecule has 0 bridgehead atoms. The number of rotatable bonds is 15. The van der Waals surface area contributed by atoms with Crippen molar-refractivity contribution in [1.29, 1.82) is 0 Å². The Kier molecular flexibility index (Phi) is 13.0. The standard InChI is InChI=1S/C43H38N4O6S2/c1-28(40(48)47-43-46-37(27-54-43)32-16-23-38(51-2)39(25-32)52-3)55-35-21-17-33(18-22-35)44-42(50)36(45-41(49)31-12-8-5-9-13-31)24-29-14-19-34(20-15-29)53-26-30-10-6-4-7-11-30/h4-25,27-28H,26H2,1-3H3,(H,44,50)(H,45,49)(H,46,47,48)/b36-24-. The minimum absolute atomic E-state index is 0.0621. The van der Waals surface area contributed by atoms with Gasteiger partial charge in [-0.3, -0.25) is 14.4 Å². The minimum atomic E-state index is -0.502. The van der Waals surface area contributed by atoms with Crippen molar-refractivity contribution in [2.45, 2.75) is 23.7 Å². The largest absolute Gasteiger partial charge is 0.493 e. The molecular weight excluding hydrogens is 733 g/mol. The molecule has 1 heterocycles. The number of ether oxygens (including phenoxy) is 3. The molecule has 12 heteroatoms. The lowest BCUT2D eigenvalue weighted by molar-refractivity contribution is -0.115. The molecule has 0 aliphatic rings. The third kappa shape index (κ3) is 10.6. The van der Waals surface area contributed by atoms with Crippen LogP contribution in [0.3, 0.4) is 0 Å². The quantitative estimate of drug-likeness (QED) is 0.0698. The van der Waals surface area contributed by atoms with E-state index in [9.17, 15) is 14.4 Å². The van der Waals surface area contributed by atoms with E-state index < -0.39 is 17.1 Å². The van der Waals surface area contributed by atoms with Gasteiger partial charge in [-0.25, -0.2) is 4.98 Å². The summed E-state index contributed by atoms with van der Waals surface area (Å²) in [4.78, 5) is 45.2. The van der Waals surface area contributed by atoms with E-state index in [-0.39, 0.29) is 11.6 Å². The molecule has 0 aliphatic heterocycles. The molecule has 10 nitrogen and oxygen atoms in total. The molecule has 0 saturated carbocycles. The third-order valence-electron chi connectivity index (χ3n) is 8.18. The Hall–Kier alpha value is -6.37. The van der Waals surface area contributed by atoms with Crippen molar-refractivity contribution in [1.82, 2.24) is 10.3 Å². The summed E-state index contributed by atoms with van der Waals surface area (Å²) in [5, 5.41) is 10.5. The van der Waals surface area contributed by atoms with E-state index in [1.807, 2.05) is 103 Å². The van der Waals surface area contributed by atoms with Gasteiger partial charge in [0, 0.05) is 27.1 Å². The predicted molar refractivity (Wildman–Crippen MR) is 219 cm³/mol. The maximum Gasteiger partial charge on any atom is 0.272 e. The lowest BCUT2D eigenvalue weighted by Gasteiger charge is -2.13. The van der Waals surface area contributed by atoms with E-state index in [0.29, 0.717) is 51.5 Å². The van der Waals surface area contributed by atoms with Crippen LogP contribution in [0.15, 0.2) is 143 Å². The fourth-order valence-corrected chi connectivity index (χ4v) is 6.84. The number of nitrogens with zero attached hydrogens (tertiary/aromatic N) is 1. The van der Waals surface area contributed by atoms with Crippen LogP contribution in [0, 0.1) is 0 Å². The number of anilines is 2. The van der Waals surface area contributed by atoms with Crippen LogP contribution in [0.1, 0.15) is 28.4 Å². The van der Waals surface area contributed by atoms with Crippen molar-refractivity contribution >= 4 is 57.7 Å². The Labute approximate surface area is 327 Å². The molecule has 6 rings (SSSR count). The van der Waals surface area contributed by atoms with Crippen molar-refractivity contribution in [2.24, 2.45) is 0 Å². The van der Waals surface area contributed by atoms with Gasteiger partial charge in [0.1, 0.15) is 18.1 Å². The summed E-state index contributed by atoms with van der Waals surface area (Å²) >= 11 is 2.70. The molecule has 3 amide bonds. The van der Waals surface area contributed by atoms with Gasteiger partial charge in [-0.2, -0.15) is 0 Å². The molecule has 0 spiro atoms. The fraction of sp³-hybridized carbons (Fsp3) is 0.116. The number of carbonyl (C=O) groups excluding carboxylic acids is 3. The second-order valence-corrected chi connectivity index (χ2v) is 14.3. The predicted octanol–water partition coefficient (Wildman–Crippen LogP) is 8.94. The van der Waals surface area contributed by atoms with Gasteiger partial charge in [0.05, 0.1) is 25.2 Å². The summed E-state index contributed by atoms with van der Waals surface area (Å²) in [6.45, 7) is 2.24. The molecule has 0 saturated heterocycles. The smallest absolute Gasteiger partial charge is 0.272 e. The van der Waals surface area contributed by atoms with Gasteiger partial charge < -0.3 is 30.2 Å². The van der Waals surface area contributed by atoms with Crippen LogP contribution in [0.2, 0.25) is 0 Å². The Balaban J connectivity index is 1.07. The van der Waals surface area contributed by atoms with Crippen LogP contribution in [0.25, 0.3) is 17.3 Å². The average molecular weight is 771 g/mol. The number of carbonyl (C=O) groups is 3. The summed E-state index contributed by atoms with van der Waals surface area (Å²) in [5.41, 5.74) is 4.28. The van der Waals surface area contributed by atoms with Gasteiger partial charge in [0.25, 0.3) is 11.8 Å². The van der Waals surface area contributed by atoms with Gasteiger partial charge in [-0.1, -0.05) is 60.7 Å². The summed E-state index contributed by atoms with van der Waals surface area (Å²) in [6, 6.07) is 38.5. The van der Waals surface area contributed by atoms with Crippen LogP contribution in [-0.2, 0) is 16.2 Å². The van der Waals surface area contributed by atoms with E-state index >= 15 is 0 Å². The highest BCUT2D eigenvalue weighted by Crippen LogP contribution is 2.34. The molecule has 1 atom stereocenters. The Morgan fingerprint density at radius 2 is 1.49 bits per heavy atom. The van der Waals surface area contributed by atoms with Gasteiger partial charge in [0.2, 0.25) is 5.91 Å². The van der Waals surface area contributed by atoms with E-state index in [0.717, 1.165) is 16.0 Å². The van der Waals surface area contributed by atoms with E-state index in [4.69, 9.17) is 14.2 Å². The van der Waals surface area contributed by atoms with Crippen molar-refractivity contribution in [3.63, 3.8) is 0 Å². The molecule has 5 aromatic carbocycles. The molecule has 0 radical (unpaired) electrons. The minimum Gasteiger partial charge on any atom is -0.493 e. The summed E-state index contributed by atoms with van der Waals surface area (Å²) in [7, 11) is 3.15. The van der Waals surface area contributed by atoms with E-state index in [1.54, 1.807) is 56.7 Å². The Bertz CT molecular complexity index is 2260. The topological polar surface area (TPSA) is 128 Å². The first kappa shape index (κ1) is 38.4. The average Bonchev–Trinajstić information content (AvgIpc) is 3.69. The molecule has 278 valence electrons. The number of thiazole rings is 1. The Morgan fingerprint density at radius 3 is 2.18 bits per heavy atom. The van der Waals surface area contributed by atoms with Crippen LogP contribution in [0.4, 0.5) is 10.8 Å². The summed E-state index contributed by atoms with van der Waals surface area (Å²) in [5.74, 6) is 0.765. The first-order valence-corrected chi connectivity index (χ1v) is 19.0. The lowest BCUT2D eigenvalue weighted by atomic mass is 10.1. The van der Waals surface area contributed by atoms with Gasteiger partial charge in [-0.05, 0) is 90.9 Å². The number of aromatic nitrogens is 1. The molecule has 1 aromatic heterocycles. The van der Waals surface area contributed by atoms with Crippen LogP contribution >= 0.6 is 23.1 Å². The zero-order chi connectivity index (χ0) is 38.6. The molecule has 0 aliphatic carbocycles. The van der Waals surface area contributed by atoms with Gasteiger partial charge >= 0.3 is 0 Å². The fourth-order valence-electron chi connectivity index (χ4n) is 5.25. The van der Waals surface area contributed by atoms with Gasteiger partial charge in [-0.15, -0.1) is 23.1 Å². The number of hydrogen-bond donors (Lipinski definition) is 3. The van der Waals surface area contributed by atoms with Crippen LogP contribution in [-0.4, -0.2) is 42.2 Å². The van der Waals surface area contributed by atoms with Crippen molar-refractivity contribution < 1.29 is 28.6 Å². The summed E-state index contributed by atoms with van der Waals surface area (Å²) < 4.78 is 16.6. The van der Waals surface area contributed by atoms with Crippen molar-refractivity contribution in [3.05, 3.63) is 155 Å². The highest BCUT2D eigenvalue weighted by Gasteiger charge is 2.19. The number of thioether (sulfide) groups is 1. The normalized spacial score (nSPS) is 11.6. The second kappa shape index (κ2) is 18.6. The zero-order valence-electron chi connectivity index (χ0n) is 30.3. The highest BCUT2D eigenvalue weighted by atomic mass is 32.2. The molecule has 1 unspecified atom stereocenters. The zero-order valence-corrected chi connectivity index (χ0v) is 31.9. The second-order valence-electron chi connectivity index (χ2n) is 12.1. The first-order chi connectivity index (χ1) is 26.8. The number of amides is 3. The molecule has 6 aromatic rings. The van der Waals surface area contributed by atoms with E-state index in [2.05, 4.69) is 20.9 Å². The SMILES string of the molecule is COc1ccc(-c2csc(NC(=O)C(C)Sc3ccc(NC(=O)/C(=C/c4ccc(OCc5ccccc5)cc4)NC(=O)c4ccccc4)cc3)n2)cc1OC. The number of nitrogens with one attached hydrogen (secondary N) is 3. The monoisotopic (exact) mass is 770 g/mol. The lowest BCUT2D eigenvalue weighted by Crippen LogP contribution is -2.30. The Morgan fingerprint density at radius 1 is 0.800 bits per heavy atom. The van der Waals surface area contributed by atoms with E-state index in [1.165, 1.54) is 23.1 Å². The molecule has 3 N–H and O–H groups in total. The summed E-state index contributed by atoms with van der Waals surface area (Å²) in [6.07, 6.45) is 1.61. The maximum absolute atomic E-state index is 13.6. The maximum atomic E-state index is 13.6.